The number of hydrogen-bond donors (Lipinski definition) is 1. The van der Waals surface area contributed by atoms with Crippen LogP contribution in [0.1, 0.15) is 16.7 Å². The first-order valence-corrected chi connectivity index (χ1v) is 7.43. The fourth-order valence-electron chi connectivity index (χ4n) is 2.59. The lowest BCUT2D eigenvalue weighted by molar-refractivity contribution is 0.439. The lowest BCUT2D eigenvalue weighted by Gasteiger charge is -2.20. The van der Waals surface area contributed by atoms with Crippen LogP contribution in [0.4, 0.5) is 0 Å². The first-order chi connectivity index (χ1) is 10.7. The molecule has 0 bridgehead atoms. The number of rotatable bonds is 1. The molecule has 0 atom stereocenters. The van der Waals surface area contributed by atoms with Crippen molar-refractivity contribution in [3.8, 4) is 23.1 Å². The average Bonchev–Trinajstić information content (AvgIpc) is 2.54. The third-order valence-corrected chi connectivity index (χ3v) is 4.02. The van der Waals surface area contributed by atoms with Gasteiger partial charge in [-0.1, -0.05) is 36.0 Å². The highest BCUT2D eigenvalue weighted by molar-refractivity contribution is 7.71. The Hall–Kier alpha value is -2.53. The molecule has 3 heterocycles. The molecule has 0 fully saturated rings. The largest absolute Gasteiger partial charge is 0.440 e. The maximum atomic E-state index is 5.99. The summed E-state index contributed by atoms with van der Waals surface area (Å²) in [6.45, 7) is 2.07. The number of benzene rings is 1. The van der Waals surface area contributed by atoms with E-state index in [9.17, 15) is 0 Å². The van der Waals surface area contributed by atoms with Gasteiger partial charge < -0.3 is 9.72 Å². The van der Waals surface area contributed by atoms with Crippen LogP contribution in [0.3, 0.4) is 0 Å². The molecule has 3 aromatic rings. The normalized spacial score (nSPS) is 12.2. The molecule has 0 spiro atoms. The molecule has 5 heteroatoms. The predicted octanol–water partition coefficient (Wildman–Crippen LogP) is 4.21. The summed E-state index contributed by atoms with van der Waals surface area (Å²) in [5, 5.41) is 0. The quantitative estimate of drug-likeness (QED) is 0.535. The third-order valence-electron chi connectivity index (χ3n) is 3.68. The van der Waals surface area contributed by atoms with Crippen LogP contribution in [0.2, 0.25) is 0 Å². The van der Waals surface area contributed by atoms with Crippen LogP contribution in [0.15, 0.2) is 42.6 Å². The molecule has 1 aliphatic rings. The average molecular weight is 307 g/mol. The summed E-state index contributed by atoms with van der Waals surface area (Å²) in [5.74, 6) is 2.15. The SMILES string of the molecule is Cc1ccc2c(c1)Cc1c([nH]c(-c3ccccn3)nc1=S)O2. The van der Waals surface area contributed by atoms with E-state index >= 15 is 0 Å². The minimum atomic E-state index is 0.557. The molecule has 108 valence electrons. The summed E-state index contributed by atoms with van der Waals surface area (Å²) in [5.41, 5.74) is 4.01. The topological polar surface area (TPSA) is 50.8 Å². The highest BCUT2D eigenvalue weighted by Crippen LogP contribution is 2.36. The summed E-state index contributed by atoms with van der Waals surface area (Å²) in [4.78, 5) is 12.0. The van der Waals surface area contributed by atoms with E-state index in [0.29, 0.717) is 16.3 Å². The second-order valence-electron chi connectivity index (χ2n) is 5.30. The van der Waals surface area contributed by atoms with Gasteiger partial charge >= 0.3 is 0 Å². The molecule has 0 saturated heterocycles. The van der Waals surface area contributed by atoms with E-state index in [2.05, 4.69) is 27.9 Å². The van der Waals surface area contributed by atoms with Gasteiger partial charge in [0.25, 0.3) is 0 Å². The van der Waals surface area contributed by atoms with E-state index < -0.39 is 0 Å². The highest BCUT2D eigenvalue weighted by Gasteiger charge is 2.20. The van der Waals surface area contributed by atoms with Crippen molar-refractivity contribution in [2.45, 2.75) is 13.3 Å². The van der Waals surface area contributed by atoms with Gasteiger partial charge in [0.15, 0.2) is 5.82 Å². The molecule has 4 nitrogen and oxygen atoms in total. The molecule has 0 saturated carbocycles. The molecule has 22 heavy (non-hydrogen) atoms. The maximum Gasteiger partial charge on any atom is 0.205 e. The molecule has 0 aliphatic carbocycles. The van der Waals surface area contributed by atoms with Crippen molar-refractivity contribution in [3.63, 3.8) is 0 Å². The van der Waals surface area contributed by atoms with E-state index in [0.717, 1.165) is 29.0 Å². The Bertz CT molecular complexity index is 919. The van der Waals surface area contributed by atoms with Gasteiger partial charge in [-0.25, -0.2) is 4.98 Å². The Labute approximate surface area is 132 Å². The summed E-state index contributed by atoms with van der Waals surface area (Å²) in [6.07, 6.45) is 2.46. The fourth-order valence-corrected chi connectivity index (χ4v) is 2.85. The molecule has 1 aliphatic heterocycles. The molecule has 0 radical (unpaired) electrons. The van der Waals surface area contributed by atoms with E-state index in [1.165, 1.54) is 5.56 Å². The zero-order valence-corrected chi connectivity index (χ0v) is 12.8. The van der Waals surface area contributed by atoms with Crippen LogP contribution in [-0.2, 0) is 6.42 Å². The zero-order valence-electron chi connectivity index (χ0n) is 12.0. The Kier molecular flexibility index (Phi) is 3.01. The van der Waals surface area contributed by atoms with Gasteiger partial charge in [0.05, 0.1) is 5.56 Å². The minimum absolute atomic E-state index is 0.557. The molecule has 0 unspecified atom stereocenters. The number of pyridine rings is 1. The van der Waals surface area contributed by atoms with E-state index in [1.807, 2.05) is 30.3 Å². The number of nitrogens with zero attached hydrogens (tertiary/aromatic N) is 2. The van der Waals surface area contributed by atoms with E-state index in [-0.39, 0.29) is 0 Å². The monoisotopic (exact) mass is 307 g/mol. The Balaban J connectivity index is 1.83. The molecule has 0 amide bonds. The second-order valence-corrected chi connectivity index (χ2v) is 5.69. The molecule has 2 aromatic heterocycles. The van der Waals surface area contributed by atoms with E-state index in [1.54, 1.807) is 6.20 Å². The van der Waals surface area contributed by atoms with Crippen LogP contribution < -0.4 is 4.74 Å². The van der Waals surface area contributed by atoms with Crippen LogP contribution in [-0.4, -0.2) is 15.0 Å². The third kappa shape index (κ3) is 2.19. The van der Waals surface area contributed by atoms with Gasteiger partial charge in [0.2, 0.25) is 5.88 Å². The number of nitrogens with one attached hydrogen (secondary N) is 1. The van der Waals surface area contributed by atoms with Crippen molar-refractivity contribution in [1.29, 1.82) is 0 Å². The van der Waals surface area contributed by atoms with Crippen molar-refractivity contribution in [2.75, 3.05) is 0 Å². The summed E-state index contributed by atoms with van der Waals surface area (Å²) < 4.78 is 6.54. The number of ether oxygens (including phenoxy) is 1. The van der Waals surface area contributed by atoms with Gasteiger partial charge in [-0.15, -0.1) is 0 Å². The first-order valence-electron chi connectivity index (χ1n) is 7.03. The van der Waals surface area contributed by atoms with Crippen LogP contribution in [0, 0.1) is 11.6 Å². The number of aromatic nitrogens is 3. The summed E-state index contributed by atoms with van der Waals surface area (Å²) >= 11 is 5.45. The maximum absolute atomic E-state index is 5.99. The van der Waals surface area contributed by atoms with Gasteiger partial charge in [0.1, 0.15) is 16.1 Å². The smallest absolute Gasteiger partial charge is 0.205 e. The van der Waals surface area contributed by atoms with E-state index in [4.69, 9.17) is 17.0 Å². The number of aryl methyl sites for hydroxylation is 1. The van der Waals surface area contributed by atoms with Crippen molar-refractivity contribution in [1.82, 2.24) is 15.0 Å². The zero-order chi connectivity index (χ0) is 15.1. The molecule has 1 aromatic carbocycles. The summed E-state index contributed by atoms with van der Waals surface area (Å²) in [6, 6.07) is 11.8. The van der Waals surface area contributed by atoms with Crippen molar-refractivity contribution in [2.24, 2.45) is 0 Å². The Morgan fingerprint density at radius 2 is 2.14 bits per heavy atom. The molecular formula is C17H13N3OS. The number of fused-ring (bicyclic) bond motifs is 2. The van der Waals surface area contributed by atoms with Gasteiger partial charge in [-0.3, -0.25) is 4.98 Å². The van der Waals surface area contributed by atoms with Crippen molar-refractivity contribution in [3.05, 3.63) is 63.9 Å². The predicted molar refractivity (Wildman–Crippen MR) is 86.7 cm³/mol. The lowest BCUT2D eigenvalue weighted by Crippen LogP contribution is -2.08. The first kappa shape index (κ1) is 13.2. The molecule has 1 N–H and O–H groups in total. The Morgan fingerprint density at radius 3 is 2.95 bits per heavy atom. The highest BCUT2D eigenvalue weighted by atomic mass is 32.1. The van der Waals surface area contributed by atoms with Gasteiger partial charge in [-0.05, 0) is 30.7 Å². The number of H-pyrrole nitrogens is 1. The van der Waals surface area contributed by atoms with Crippen LogP contribution in [0.5, 0.6) is 11.6 Å². The van der Waals surface area contributed by atoms with Gasteiger partial charge in [-0.2, -0.15) is 0 Å². The second kappa shape index (κ2) is 5.03. The lowest BCUT2D eigenvalue weighted by atomic mass is 10.0. The molecule has 4 rings (SSSR count). The van der Waals surface area contributed by atoms with Gasteiger partial charge in [0, 0.05) is 12.6 Å². The van der Waals surface area contributed by atoms with Crippen molar-refractivity contribution < 1.29 is 4.74 Å². The van der Waals surface area contributed by atoms with Crippen molar-refractivity contribution >= 4 is 12.2 Å². The van der Waals surface area contributed by atoms with Crippen LogP contribution >= 0.6 is 12.2 Å². The van der Waals surface area contributed by atoms with Crippen LogP contribution in [0.25, 0.3) is 11.5 Å². The summed E-state index contributed by atoms with van der Waals surface area (Å²) in [7, 11) is 0. The fraction of sp³-hybridized carbons (Fsp3) is 0.118. The number of aromatic amines is 1. The number of hydrogen-bond acceptors (Lipinski definition) is 4. The Morgan fingerprint density at radius 1 is 1.23 bits per heavy atom. The standard InChI is InChI=1S/C17H13N3OS/c1-10-5-6-14-11(8-10)9-12-16(21-14)19-15(20-17(12)22)13-4-2-3-7-18-13/h2-8H,9H2,1H3,(H,19,20,22). The molecular weight excluding hydrogens is 294 g/mol. The minimum Gasteiger partial charge on any atom is -0.440 e.